The van der Waals surface area contributed by atoms with Crippen LogP contribution >= 0.6 is 0 Å². The van der Waals surface area contributed by atoms with Gasteiger partial charge in [-0.3, -0.25) is 0 Å². The van der Waals surface area contributed by atoms with E-state index in [2.05, 4.69) is 19.2 Å². The maximum absolute atomic E-state index is 10.0. The molecule has 3 unspecified atom stereocenters. The number of aliphatic hydroxyl groups is 1. The molecule has 0 spiro atoms. The summed E-state index contributed by atoms with van der Waals surface area (Å²) in [5, 5.41) is 13.6. The van der Waals surface area contributed by atoms with Crippen LogP contribution in [0, 0.1) is 5.92 Å². The molecule has 1 aliphatic heterocycles. The fraction of sp³-hybridized carbons (Fsp3) is 1.00. The molecule has 1 saturated heterocycles. The molecular weight excluding hydrogens is 174 g/mol. The zero-order chi connectivity index (χ0) is 10.4. The van der Waals surface area contributed by atoms with Crippen LogP contribution in [0.15, 0.2) is 0 Å². The molecule has 0 aromatic carbocycles. The Morgan fingerprint density at radius 1 is 1.36 bits per heavy atom. The molecule has 0 aromatic heterocycles. The molecule has 0 amide bonds. The van der Waals surface area contributed by atoms with Gasteiger partial charge in [-0.25, -0.2) is 0 Å². The minimum absolute atomic E-state index is 0.0967. The van der Waals surface area contributed by atoms with E-state index in [0.29, 0.717) is 12.0 Å². The third-order valence-corrected chi connectivity index (χ3v) is 3.42. The van der Waals surface area contributed by atoms with Crippen molar-refractivity contribution in [1.29, 1.82) is 0 Å². The standard InChI is InChI=1S/C12H25NO/c1-3-7-12(14)10(4-2)11-8-5-6-9-13-11/h10-14H,3-9H2,1-2H3. The topological polar surface area (TPSA) is 32.3 Å². The van der Waals surface area contributed by atoms with E-state index < -0.39 is 0 Å². The van der Waals surface area contributed by atoms with Crippen molar-refractivity contribution in [2.24, 2.45) is 5.92 Å². The molecule has 2 heteroatoms. The maximum Gasteiger partial charge on any atom is 0.0583 e. The molecular formula is C12H25NO. The Kier molecular flexibility index (Phi) is 5.49. The summed E-state index contributed by atoms with van der Waals surface area (Å²) < 4.78 is 0. The zero-order valence-electron chi connectivity index (χ0n) is 9.63. The molecule has 0 saturated carbocycles. The van der Waals surface area contributed by atoms with E-state index in [4.69, 9.17) is 0 Å². The van der Waals surface area contributed by atoms with Crippen molar-refractivity contribution >= 4 is 0 Å². The van der Waals surface area contributed by atoms with Crippen LogP contribution in [0.1, 0.15) is 52.4 Å². The van der Waals surface area contributed by atoms with Gasteiger partial charge in [0, 0.05) is 6.04 Å². The summed E-state index contributed by atoms with van der Waals surface area (Å²) in [6, 6.07) is 0.565. The Hall–Kier alpha value is -0.0800. The van der Waals surface area contributed by atoms with E-state index in [1.807, 2.05) is 0 Å². The second-order valence-electron chi connectivity index (χ2n) is 4.48. The van der Waals surface area contributed by atoms with Gasteiger partial charge in [0.15, 0.2) is 0 Å². The third-order valence-electron chi connectivity index (χ3n) is 3.42. The normalized spacial score (nSPS) is 27.2. The van der Waals surface area contributed by atoms with E-state index in [0.717, 1.165) is 25.8 Å². The van der Waals surface area contributed by atoms with Gasteiger partial charge < -0.3 is 10.4 Å². The highest BCUT2D eigenvalue weighted by Crippen LogP contribution is 2.23. The fourth-order valence-electron chi connectivity index (χ4n) is 2.58. The van der Waals surface area contributed by atoms with Crippen molar-refractivity contribution in [2.75, 3.05) is 6.54 Å². The van der Waals surface area contributed by atoms with Crippen LogP contribution in [0.25, 0.3) is 0 Å². The second-order valence-corrected chi connectivity index (χ2v) is 4.48. The Morgan fingerprint density at radius 2 is 2.14 bits per heavy atom. The molecule has 0 aliphatic carbocycles. The monoisotopic (exact) mass is 199 g/mol. The molecule has 1 fully saturated rings. The predicted octanol–water partition coefficient (Wildman–Crippen LogP) is 2.32. The summed E-state index contributed by atoms with van der Waals surface area (Å²) in [6.45, 7) is 5.48. The molecule has 1 aliphatic rings. The van der Waals surface area contributed by atoms with Crippen LogP contribution in [0.2, 0.25) is 0 Å². The van der Waals surface area contributed by atoms with Crippen molar-refractivity contribution in [3.05, 3.63) is 0 Å². The first-order valence-electron chi connectivity index (χ1n) is 6.21. The number of piperidine rings is 1. The van der Waals surface area contributed by atoms with Crippen molar-refractivity contribution < 1.29 is 5.11 Å². The quantitative estimate of drug-likeness (QED) is 0.712. The lowest BCUT2D eigenvalue weighted by atomic mass is 9.84. The number of rotatable bonds is 5. The molecule has 0 radical (unpaired) electrons. The molecule has 3 atom stereocenters. The van der Waals surface area contributed by atoms with Crippen LogP contribution in [0.3, 0.4) is 0 Å². The van der Waals surface area contributed by atoms with Crippen LogP contribution in [-0.2, 0) is 0 Å². The molecule has 14 heavy (non-hydrogen) atoms. The Bertz CT molecular complexity index is 143. The van der Waals surface area contributed by atoms with Crippen LogP contribution < -0.4 is 5.32 Å². The van der Waals surface area contributed by atoms with Gasteiger partial charge in [-0.1, -0.05) is 26.7 Å². The van der Waals surface area contributed by atoms with Gasteiger partial charge in [0.2, 0.25) is 0 Å². The lowest BCUT2D eigenvalue weighted by Crippen LogP contribution is -2.44. The minimum atomic E-state index is -0.0967. The van der Waals surface area contributed by atoms with Gasteiger partial charge in [-0.15, -0.1) is 0 Å². The maximum atomic E-state index is 10.0. The number of nitrogens with one attached hydrogen (secondary N) is 1. The van der Waals surface area contributed by atoms with Gasteiger partial charge in [0.1, 0.15) is 0 Å². The largest absolute Gasteiger partial charge is 0.393 e. The molecule has 2 nitrogen and oxygen atoms in total. The zero-order valence-corrected chi connectivity index (χ0v) is 9.63. The molecule has 1 heterocycles. The van der Waals surface area contributed by atoms with Gasteiger partial charge in [-0.05, 0) is 38.1 Å². The summed E-state index contributed by atoms with van der Waals surface area (Å²) in [5.41, 5.74) is 0. The first-order valence-corrected chi connectivity index (χ1v) is 6.21. The molecule has 84 valence electrons. The van der Waals surface area contributed by atoms with Crippen molar-refractivity contribution in [2.45, 2.75) is 64.5 Å². The Labute approximate surface area is 88.1 Å². The van der Waals surface area contributed by atoms with E-state index in [1.165, 1.54) is 19.3 Å². The van der Waals surface area contributed by atoms with Gasteiger partial charge in [0.05, 0.1) is 6.10 Å². The average molecular weight is 199 g/mol. The van der Waals surface area contributed by atoms with E-state index in [9.17, 15) is 5.11 Å². The predicted molar refractivity (Wildman–Crippen MR) is 60.3 cm³/mol. The van der Waals surface area contributed by atoms with Gasteiger partial charge >= 0.3 is 0 Å². The SMILES string of the molecule is CCCC(O)C(CC)C1CCCCN1. The number of aliphatic hydroxyl groups excluding tert-OH is 1. The highest BCUT2D eigenvalue weighted by atomic mass is 16.3. The first kappa shape index (κ1) is 12.0. The van der Waals surface area contributed by atoms with Gasteiger partial charge in [-0.2, -0.15) is 0 Å². The van der Waals surface area contributed by atoms with E-state index in [1.54, 1.807) is 0 Å². The number of hydrogen-bond donors (Lipinski definition) is 2. The summed E-state index contributed by atoms with van der Waals surface area (Å²) in [5.74, 6) is 0.468. The summed E-state index contributed by atoms with van der Waals surface area (Å²) in [7, 11) is 0. The molecule has 2 N–H and O–H groups in total. The smallest absolute Gasteiger partial charge is 0.0583 e. The van der Waals surface area contributed by atoms with Crippen molar-refractivity contribution in [3.63, 3.8) is 0 Å². The van der Waals surface area contributed by atoms with Gasteiger partial charge in [0.25, 0.3) is 0 Å². The van der Waals surface area contributed by atoms with Crippen molar-refractivity contribution in [1.82, 2.24) is 5.32 Å². The third kappa shape index (κ3) is 3.25. The highest BCUT2D eigenvalue weighted by Gasteiger charge is 2.27. The Balaban J connectivity index is 2.41. The second kappa shape index (κ2) is 6.41. The molecule has 1 rings (SSSR count). The minimum Gasteiger partial charge on any atom is -0.393 e. The highest BCUT2D eigenvalue weighted by molar-refractivity contribution is 4.83. The summed E-state index contributed by atoms with van der Waals surface area (Å²) >= 11 is 0. The molecule has 0 aromatic rings. The summed E-state index contributed by atoms with van der Waals surface area (Å²) in [4.78, 5) is 0. The van der Waals surface area contributed by atoms with Crippen LogP contribution in [0.5, 0.6) is 0 Å². The van der Waals surface area contributed by atoms with E-state index in [-0.39, 0.29) is 6.10 Å². The van der Waals surface area contributed by atoms with Crippen LogP contribution in [-0.4, -0.2) is 23.8 Å². The number of hydrogen-bond acceptors (Lipinski definition) is 2. The summed E-state index contributed by atoms with van der Waals surface area (Å²) in [6.07, 6.45) is 6.92. The van der Waals surface area contributed by atoms with Crippen LogP contribution in [0.4, 0.5) is 0 Å². The lowest BCUT2D eigenvalue weighted by Gasteiger charge is -2.33. The lowest BCUT2D eigenvalue weighted by molar-refractivity contribution is 0.0662. The molecule has 0 bridgehead atoms. The average Bonchev–Trinajstić information content (AvgIpc) is 2.21. The van der Waals surface area contributed by atoms with Crippen molar-refractivity contribution in [3.8, 4) is 0 Å². The van der Waals surface area contributed by atoms with E-state index >= 15 is 0 Å². The fourth-order valence-corrected chi connectivity index (χ4v) is 2.58. The first-order chi connectivity index (χ1) is 6.79. The Morgan fingerprint density at radius 3 is 2.64 bits per heavy atom.